The first-order valence-corrected chi connectivity index (χ1v) is 7.96. The van der Waals surface area contributed by atoms with E-state index < -0.39 is 10.0 Å². The summed E-state index contributed by atoms with van der Waals surface area (Å²) < 4.78 is 25.9. The molecule has 0 radical (unpaired) electrons. The van der Waals surface area contributed by atoms with Crippen molar-refractivity contribution in [1.29, 1.82) is 0 Å². The number of aryl methyl sites for hydroxylation is 1. The van der Waals surface area contributed by atoms with Crippen LogP contribution in [0.4, 0.5) is 11.4 Å². The molecule has 2 N–H and O–H groups in total. The second-order valence-electron chi connectivity index (χ2n) is 4.61. The summed E-state index contributed by atoms with van der Waals surface area (Å²) in [6, 6.07) is 16.4. The molecule has 2 rings (SSSR count). The van der Waals surface area contributed by atoms with Gasteiger partial charge in [0.1, 0.15) is 0 Å². The number of nitrogens with two attached hydrogens (primary N) is 1. The minimum atomic E-state index is -3.35. The Bertz CT molecular complexity index is 669. The van der Waals surface area contributed by atoms with Crippen LogP contribution in [0.25, 0.3) is 0 Å². The van der Waals surface area contributed by atoms with Crippen molar-refractivity contribution in [3.8, 4) is 0 Å². The van der Waals surface area contributed by atoms with Gasteiger partial charge in [0.15, 0.2) is 0 Å². The maximum atomic E-state index is 12.3. The lowest BCUT2D eigenvalue weighted by atomic mass is 10.2. The van der Waals surface area contributed by atoms with Crippen LogP contribution in [0.3, 0.4) is 0 Å². The van der Waals surface area contributed by atoms with Crippen LogP contribution in [0.15, 0.2) is 54.6 Å². The standard InChI is InChI=1S/C15H18N2O2S/c1-17(15-9-5-8-14(16)12-15)20(18,19)11-10-13-6-3-2-4-7-13/h2-9,12H,10-11,16H2,1H3. The Labute approximate surface area is 119 Å². The Kier molecular flexibility index (Phi) is 4.29. The highest BCUT2D eigenvalue weighted by Crippen LogP contribution is 2.19. The highest BCUT2D eigenvalue weighted by molar-refractivity contribution is 7.92. The molecule has 0 heterocycles. The number of sulfonamides is 1. The summed E-state index contributed by atoms with van der Waals surface area (Å²) in [5, 5.41) is 0. The second-order valence-corrected chi connectivity index (χ2v) is 6.73. The molecular formula is C15H18N2O2S. The van der Waals surface area contributed by atoms with Gasteiger partial charge in [0.05, 0.1) is 11.4 Å². The van der Waals surface area contributed by atoms with Crippen LogP contribution < -0.4 is 10.0 Å². The molecule has 0 fully saturated rings. The van der Waals surface area contributed by atoms with Crippen LogP contribution in [0.1, 0.15) is 5.56 Å². The van der Waals surface area contributed by atoms with Gasteiger partial charge in [-0.2, -0.15) is 0 Å². The van der Waals surface area contributed by atoms with Crippen LogP contribution in [0.2, 0.25) is 0 Å². The molecule has 2 aromatic carbocycles. The lowest BCUT2D eigenvalue weighted by Gasteiger charge is -2.19. The molecule has 0 aliphatic carbocycles. The van der Waals surface area contributed by atoms with Crippen LogP contribution in [0, 0.1) is 0 Å². The number of hydrogen-bond acceptors (Lipinski definition) is 3. The molecule has 0 aromatic heterocycles. The van der Waals surface area contributed by atoms with E-state index in [0.29, 0.717) is 17.8 Å². The zero-order valence-corrected chi connectivity index (χ0v) is 12.2. The average molecular weight is 290 g/mol. The lowest BCUT2D eigenvalue weighted by molar-refractivity contribution is 0.593. The van der Waals surface area contributed by atoms with Gasteiger partial charge in [-0.25, -0.2) is 8.42 Å². The van der Waals surface area contributed by atoms with Crippen molar-refractivity contribution in [3.05, 3.63) is 60.2 Å². The summed E-state index contributed by atoms with van der Waals surface area (Å²) in [6.45, 7) is 0. The molecule has 0 saturated heterocycles. The highest BCUT2D eigenvalue weighted by atomic mass is 32.2. The van der Waals surface area contributed by atoms with Crippen molar-refractivity contribution < 1.29 is 8.42 Å². The third kappa shape index (κ3) is 3.51. The molecule has 0 unspecified atom stereocenters. The lowest BCUT2D eigenvalue weighted by Crippen LogP contribution is -2.29. The molecular weight excluding hydrogens is 272 g/mol. The number of anilines is 2. The van der Waals surface area contributed by atoms with Gasteiger partial charge < -0.3 is 5.73 Å². The monoisotopic (exact) mass is 290 g/mol. The first-order valence-electron chi connectivity index (χ1n) is 6.35. The normalized spacial score (nSPS) is 11.2. The fraction of sp³-hybridized carbons (Fsp3) is 0.200. The first-order chi connectivity index (χ1) is 9.49. The summed E-state index contributed by atoms with van der Waals surface area (Å²) >= 11 is 0. The van der Waals surface area contributed by atoms with Gasteiger partial charge in [-0.15, -0.1) is 0 Å². The Morgan fingerprint density at radius 2 is 1.75 bits per heavy atom. The van der Waals surface area contributed by atoms with E-state index in [2.05, 4.69) is 0 Å². The third-order valence-electron chi connectivity index (χ3n) is 3.14. The van der Waals surface area contributed by atoms with Crippen molar-refractivity contribution in [2.24, 2.45) is 0 Å². The minimum Gasteiger partial charge on any atom is -0.399 e. The molecule has 5 heteroatoms. The number of nitrogen functional groups attached to an aromatic ring is 1. The fourth-order valence-electron chi connectivity index (χ4n) is 1.91. The van der Waals surface area contributed by atoms with Gasteiger partial charge in [0, 0.05) is 12.7 Å². The summed E-state index contributed by atoms with van der Waals surface area (Å²) in [4.78, 5) is 0. The van der Waals surface area contributed by atoms with Gasteiger partial charge in [-0.1, -0.05) is 36.4 Å². The predicted octanol–water partition coefficient (Wildman–Crippen LogP) is 2.28. The van der Waals surface area contributed by atoms with Gasteiger partial charge in [0.25, 0.3) is 0 Å². The molecule has 0 spiro atoms. The predicted molar refractivity (Wildman–Crippen MR) is 83.2 cm³/mol. The van der Waals surface area contributed by atoms with E-state index in [1.165, 1.54) is 4.31 Å². The van der Waals surface area contributed by atoms with Gasteiger partial charge in [-0.3, -0.25) is 4.31 Å². The van der Waals surface area contributed by atoms with E-state index in [0.717, 1.165) is 5.56 Å². The Balaban J connectivity index is 2.10. The zero-order valence-electron chi connectivity index (χ0n) is 11.4. The quantitative estimate of drug-likeness (QED) is 0.859. The van der Waals surface area contributed by atoms with E-state index in [9.17, 15) is 8.42 Å². The van der Waals surface area contributed by atoms with Crippen molar-refractivity contribution in [2.75, 3.05) is 22.8 Å². The molecule has 106 valence electrons. The number of nitrogens with zero attached hydrogens (tertiary/aromatic N) is 1. The Morgan fingerprint density at radius 3 is 2.40 bits per heavy atom. The molecule has 0 bridgehead atoms. The maximum absolute atomic E-state index is 12.3. The van der Waals surface area contributed by atoms with Crippen LogP contribution in [-0.4, -0.2) is 21.2 Å². The van der Waals surface area contributed by atoms with Crippen molar-refractivity contribution in [2.45, 2.75) is 6.42 Å². The summed E-state index contributed by atoms with van der Waals surface area (Å²) in [5.41, 5.74) is 7.82. The molecule has 0 aliphatic heterocycles. The SMILES string of the molecule is CN(c1cccc(N)c1)S(=O)(=O)CCc1ccccc1. The third-order valence-corrected chi connectivity index (χ3v) is 4.91. The van der Waals surface area contributed by atoms with Gasteiger partial charge >= 0.3 is 0 Å². The molecule has 20 heavy (non-hydrogen) atoms. The molecule has 4 nitrogen and oxygen atoms in total. The number of benzene rings is 2. The van der Waals surface area contributed by atoms with E-state index in [1.807, 2.05) is 30.3 Å². The summed E-state index contributed by atoms with van der Waals surface area (Å²) in [7, 11) is -1.80. The smallest absolute Gasteiger partial charge is 0.235 e. The maximum Gasteiger partial charge on any atom is 0.235 e. The van der Waals surface area contributed by atoms with E-state index in [-0.39, 0.29) is 5.75 Å². The largest absolute Gasteiger partial charge is 0.399 e. The fourth-order valence-corrected chi connectivity index (χ4v) is 3.11. The van der Waals surface area contributed by atoms with Gasteiger partial charge in [0.2, 0.25) is 10.0 Å². The molecule has 2 aromatic rings. The topological polar surface area (TPSA) is 63.4 Å². The highest BCUT2D eigenvalue weighted by Gasteiger charge is 2.18. The molecule has 0 aliphatic rings. The second kappa shape index (κ2) is 5.96. The Hall–Kier alpha value is -2.01. The average Bonchev–Trinajstić information content (AvgIpc) is 2.45. The van der Waals surface area contributed by atoms with Crippen molar-refractivity contribution in [3.63, 3.8) is 0 Å². The van der Waals surface area contributed by atoms with Crippen LogP contribution >= 0.6 is 0 Å². The van der Waals surface area contributed by atoms with Crippen LogP contribution in [0.5, 0.6) is 0 Å². The van der Waals surface area contributed by atoms with E-state index >= 15 is 0 Å². The molecule has 0 saturated carbocycles. The van der Waals surface area contributed by atoms with Crippen molar-refractivity contribution >= 4 is 21.4 Å². The number of hydrogen-bond donors (Lipinski definition) is 1. The van der Waals surface area contributed by atoms with E-state index in [1.54, 1.807) is 31.3 Å². The minimum absolute atomic E-state index is 0.0717. The zero-order chi connectivity index (χ0) is 14.6. The molecule has 0 amide bonds. The molecule has 0 atom stereocenters. The van der Waals surface area contributed by atoms with E-state index in [4.69, 9.17) is 5.73 Å². The first kappa shape index (κ1) is 14.4. The number of rotatable bonds is 5. The van der Waals surface area contributed by atoms with Crippen molar-refractivity contribution in [1.82, 2.24) is 0 Å². The summed E-state index contributed by atoms with van der Waals surface area (Å²) in [5.74, 6) is 0.0717. The Morgan fingerprint density at radius 1 is 1.05 bits per heavy atom. The van der Waals surface area contributed by atoms with Crippen LogP contribution in [-0.2, 0) is 16.4 Å². The summed E-state index contributed by atoms with van der Waals surface area (Å²) in [6.07, 6.45) is 0.496. The van der Waals surface area contributed by atoms with Gasteiger partial charge in [-0.05, 0) is 30.2 Å².